The average molecular weight is 361 g/mol. The summed E-state index contributed by atoms with van der Waals surface area (Å²) in [6.45, 7) is 0. The molecule has 6 nitrogen and oxygen atoms in total. The summed E-state index contributed by atoms with van der Waals surface area (Å²) in [4.78, 5) is 0. The molecule has 0 atom stereocenters. The Labute approximate surface area is 140 Å². The molecule has 0 fully saturated rings. The van der Waals surface area contributed by atoms with Crippen molar-refractivity contribution in [1.82, 2.24) is 0 Å². The van der Waals surface area contributed by atoms with Gasteiger partial charge in [0.25, 0.3) is 0 Å². The maximum absolute atomic E-state index is 12.4. The fourth-order valence-electron chi connectivity index (χ4n) is 0.422. The third-order valence-electron chi connectivity index (χ3n) is 0.964. The fraction of sp³-hybridized carbons (Fsp3) is 1.00. The SMILES string of the molecule is O=S(=O)([O-])C(F)(F)CC(F)(F)SOOO.[Rb+]. The van der Waals surface area contributed by atoms with E-state index in [4.69, 9.17) is 5.26 Å². The molecule has 0 saturated carbocycles. The van der Waals surface area contributed by atoms with E-state index >= 15 is 0 Å². The molecule has 16 heavy (non-hydrogen) atoms. The zero-order valence-electron chi connectivity index (χ0n) is 7.52. The summed E-state index contributed by atoms with van der Waals surface area (Å²) in [5, 5.41) is 0.555. The summed E-state index contributed by atoms with van der Waals surface area (Å²) >= 11 is -1.07. The third kappa shape index (κ3) is 7.18. The molecule has 0 unspecified atom stereocenters. The van der Waals surface area contributed by atoms with E-state index in [1.165, 1.54) is 0 Å². The number of hydrogen-bond donors (Lipinski definition) is 1. The van der Waals surface area contributed by atoms with Gasteiger partial charge in [-0.15, -0.1) is 4.33 Å². The molecule has 0 aromatic rings. The smallest absolute Gasteiger partial charge is 0.743 e. The molecule has 0 bridgehead atoms. The molecule has 92 valence electrons. The Balaban J connectivity index is 0. The summed E-state index contributed by atoms with van der Waals surface area (Å²) in [6, 6.07) is 0. The van der Waals surface area contributed by atoms with Crippen LogP contribution in [-0.4, -0.2) is 28.7 Å². The van der Waals surface area contributed by atoms with E-state index in [-0.39, 0.29) is 58.2 Å². The van der Waals surface area contributed by atoms with Gasteiger partial charge in [-0.1, -0.05) is 5.04 Å². The molecule has 0 aliphatic heterocycles. The van der Waals surface area contributed by atoms with Gasteiger partial charge in [0.15, 0.2) is 10.1 Å². The monoisotopic (exact) mass is 360 g/mol. The van der Waals surface area contributed by atoms with E-state index in [1.54, 1.807) is 0 Å². The van der Waals surface area contributed by atoms with Crippen molar-refractivity contribution in [3.8, 4) is 0 Å². The van der Waals surface area contributed by atoms with Gasteiger partial charge >= 0.3 is 68.7 Å². The molecule has 0 heterocycles. The molecule has 0 aliphatic rings. The first-order valence-electron chi connectivity index (χ1n) is 2.89. The molecule has 0 radical (unpaired) electrons. The van der Waals surface area contributed by atoms with Crippen molar-refractivity contribution in [1.29, 1.82) is 0 Å². The molecule has 0 amide bonds. The van der Waals surface area contributed by atoms with Gasteiger partial charge in [0.2, 0.25) is 0 Å². The summed E-state index contributed by atoms with van der Waals surface area (Å²) < 4.78 is 82.1. The van der Waals surface area contributed by atoms with Crippen molar-refractivity contribution in [2.24, 2.45) is 0 Å². The van der Waals surface area contributed by atoms with Crippen LogP contribution in [0.5, 0.6) is 0 Å². The van der Waals surface area contributed by atoms with Crippen LogP contribution < -0.4 is 58.2 Å². The van der Waals surface area contributed by atoms with Crippen LogP contribution in [0.1, 0.15) is 6.42 Å². The number of hydrogen-bond acceptors (Lipinski definition) is 7. The van der Waals surface area contributed by atoms with Crippen LogP contribution in [0, 0.1) is 0 Å². The van der Waals surface area contributed by atoms with Gasteiger partial charge < -0.3 is 4.55 Å². The van der Waals surface area contributed by atoms with E-state index in [0.717, 1.165) is 0 Å². The molecule has 0 aliphatic carbocycles. The maximum Gasteiger partial charge on any atom is 1.00 e. The van der Waals surface area contributed by atoms with Gasteiger partial charge in [-0.2, -0.15) is 17.6 Å². The van der Waals surface area contributed by atoms with Crippen molar-refractivity contribution < 1.29 is 103 Å². The predicted octanol–water partition coefficient (Wildman–Crippen LogP) is -1.82. The van der Waals surface area contributed by atoms with Crippen LogP contribution in [0.3, 0.4) is 0 Å². The van der Waals surface area contributed by atoms with Gasteiger partial charge in [-0.25, -0.2) is 13.7 Å². The van der Waals surface area contributed by atoms with Crippen LogP contribution in [0.2, 0.25) is 0 Å². The molecule has 13 heteroatoms. The molecule has 0 saturated heterocycles. The molecule has 1 N–H and O–H groups in total. The average Bonchev–Trinajstić information content (AvgIpc) is 1.96. The number of alkyl halides is 4. The van der Waals surface area contributed by atoms with Gasteiger partial charge in [-0.05, 0) is 0 Å². The zero-order chi connectivity index (χ0) is 12.3. The van der Waals surface area contributed by atoms with Crippen molar-refractivity contribution in [2.75, 3.05) is 0 Å². The first-order valence-corrected chi connectivity index (χ1v) is 5.04. The maximum atomic E-state index is 12.4. The minimum absolute atomic E-state index is 0. The van der Waals surface area contributed by atoms with E-state index in [9.17, 15) is 30.5 Å². The van der Waals surface area contributed by atoms with Crippen LogP contribution in [0.25, 0.3) is 0 Å². The first-order chi connectivity index (χ1) is 6.52. The van der Waals surface area contributed by atoms with Gasteiger partial charge in [0, 0.05) is 0 Å². The fourth-order valence-corrected chi connectivity index (χ4v) is 1.24. The molecular weight excluding hydrogens is 358 g/mol. The molecular formula is C3H3F4O6RbS2. The predicted molar refractivity (Wildman–Crippen MR) is 36.6 cm³/mol. The number of halogens is 4. The number of rotatable bonds is 6. The van der Waals surface area contributed by atoms with E-state index in [0.29, 0.717) is 0 Å². The van der Waals surface area contributed by atoms with Gasteiger partial charge in [0.1, 0.15) is 18.5 Å². The minimum Gasteiger partial charge on any atom is -0.743 e. The molecule has 0 aromatic carbocycles. The Hall–Kier alpha value is 1.67. The van der Waals surface area contributed by atoms with Crippen molar-refractivity contribution in [3.05, 3.63) is 0 Å². The van der Waals surface area contributed by atoms with Crippen LogP contribution in [-0.2, 0) is 19.5 Å². The van der Waals surface area contributed by atoms with Gasteiger partial charge in [0.05, 0.1) is 0 Å². The Bertz CT molecular complexity index is 307. The van der Waals surface area contributed by atoms with Crippen molar-refractivity contribution in [3.63, 3.8) is 0 Å². The van der Waals surface area contributed by atoms with Crippen LogP contribution >= 0.6 is 12.0 Å². The summed E-state index contributed by atoms with van der Waals surface area (Å²) in [7, 11) is -6.20. The summed E-state index contributed by atoms with van der Waals surface area (Å²) in [5.74, 6) is 0. The second kappa shape index (κ2) is 7.30. The zero-order valence-corrected chi connectivity index (χ0v) is 14.1. The molecule has 0 aromatic heterocycles. The van der Waals surface area contributed by atoms with E-state index in [2.05, 4.69) is 9.37 Å². The minimum atomic E-state index is -6.20. The Kier molecular flexibility index (Phi) is 9.12. The molecule has 0 rings (SSSR count). The second-order valence-corrected chi connectivity index (χ2v) is 4.54. The summed E-state index contributed by atoms with van der Waals surface area (Å²) in [5.41, 5.74) is 0. The Morgan fingerprint density at radius 1 is 1.31 bits per heavy atom. The van der Waals surface area contributed by atoms with E-state index in [1.807, 2.05) is 0 Å². The summed E-state index contributed by atoms with van der Waals surface area (Å²) in [6.07, 6.45) is -2.60. The Morgan fingerprint density at radius 3 is 2.06 bits per heavy atom. The largest absolute Gasteiger partial charge is 1.00 e. The molecule has 0 spiro atoms. The topological polar surface area (TPSA) is 95.9 Å². The third-order valence-corrected chi connectivity index (χ3v) is 2.36. The quantitative estimate of drug-likeness (QED) is 0.196. The van der Waals surface area contributed by atoms with Crippen molar-refractivity contribution >= 4 is 22.2 Å². The standard InChI is InChI=1S/C3H4F4O6S2.Rb/c4-2(5,14-13-12-8)1-3(6,7)15(9,10)11;/h8H,1H2,(H,9,10,11);/q;+1/p-1. The van der Waals surface area contributed by atoms with E-state index < -0.39 is 39.1 Å². The first kappa shape index (κ1) is 20.0. The van der Waals surface area contributed by atoms with Crippen LogP contribution in [0.4, 0.5) is 17.6 Å². The Morgan fingerprint density at radius 2 is 1.75 bits per heavy atom. The normalized spacial score (nSPS) is 13.4. The second-order valence-electron chi connectivity index (χ2n) is 2.13. The van der Waals surface area contributed by atoms with Crippen LogP contribution in [0.15, 0.2) is 0 Å². The van der Waals surface area contributed by atoms with Gasteiger partial charge in [-0.3, -0.25) is 0 Å². The van der Waals surface area contributed by atoms with Crippen molar-refractivity contribution in [2.45, 2.75) is 16.9 Å².